The first-order chi connectivity index (χ1) is 5.27. The summed E-state index contributed by atoms with van der Waals surface area (Å²) < 4.78 is 12.9. The van der Waals surface area contributed by atoms with Gasteiger partial charge in [0.1, 0.15) is 5.82 Å². The molecule has 0 aliphatic carbocycles. The second kappa shape index (κ2) is 3.58. The molecule has 11 heavy (non-hydrogen) atoms. The Kier molecular flexibility index (Phi) is 2.71. The van der Waals surface area contributed by atoms with Gasteiger partial charge in [0, 0.05) is 4.90 Å². The summed E-state index contributed by atoms with van der Waals surface area (Å²) in [6.07, 6.45) is 4.46. The molecule has 0 aliphatic heterocycles. The van der Waals surface area contributed by atoms with Crippen LogP contribution in [0.3, 0.4) is 0 Å². The highest BCUT2D eigenvalue weighted by atomic mass is 32.2. The molecule has 0 aromatic heterocycles. The molecule has 0 atom stereocenters. The number of thioether (sulfide) groups is 1. The van der Waals surface area contributed by atoms with E-state index in [1.807, 2.05) is 6.26 Å². The van der Waals surface area contributed by atoms with Crippen LogP contribution < -0.4 is 0 Å². The van der Waals surface area contributed by atoms with E-state index in [0.29, 0.717) is 10.5 Å². The van der Waals surface area contributed by atoms with Crippen molar-refractivity contribution in [3.8, 4) is 0 Å². The lowest BCUT2D eigenvalue weighted by Crippen LogP contribution is -1.81. The molecule has 0 aliphatic rings. The highest BCUT2D eigenvalue weighted by Crippen LogP contribution is 2.19. The third-order valence-electron chi connectivity index (χ3n) is 1.36. The Hall–Kier alpha value is -0.760. The summed E-state index contributed by atoms with van der Waals surface area (Å²) in [4.78, 5) is 0.656. The molecule has 0 bridgehead atoms. The van der Waals surface area contributed by atoms with Crippen molar-refractivity contribution in [2.75, 3.05) is 6.26 Å². The standard InChI is InChI=1S/C9H8FS/c1-3-7-4-5-9(11-2)8(10)6-7/h4-6H,1H2,2H3. The van der Waals surface area contributed by atoms with Crippen molar-refractivity contribution in [1.82, 2.24) is 0 Å². The molecule has 0 spiro atoms. The van der Waals surface area contributed by atoms with Gasteiger partial charge in [-0.05, 0) is 30.0 Å². The SMILES string of the molecule is C=[C]c1ccc(SC)c(F)c1. The summed E-state index contributed by atoms with van der Waals surface area (Å²) in [5.74, 6) is -0.203. The molecule has 0 saturated heterocycles. The molecule has 0 saturated carbocycles. The van der Waals surface area contributed by atoms with Crippen molar-refractivity contribution in [3.05, 3.63) is 42.2 Å². The number of benzene rings is 1. The number of rotatable bonds is 2. The van der Waals surface area contributed by atoms with Crippen LogP contribution in [0.4, 0.5) is 4.39 Å². The highest BCUT2D eigenvalue weighted by molar-refractivity contribution is 7.98. The third-order valence-corrected chi connectivity index (χ3v) is 2.13. The first kappa shape index (κ1) is 8.34. The van der Waals surface area contributed by atoms with Gasteiger partial charge in [0.15, 0.2) is 0 Å². The molecule has 1 rings (SSSR count). The monoisotopic (exact) mass is 167 g/mol. The second-order valence-electron chi connectivity index (χ2n) is 2.03. The Balaban J connectivity index is 3.09. The van der Waals surface area contributed by atoms with E-state index in [-0.39, 0.29) is 5.82 Å². The molecule has 0 nitrogen and oxygen atoms in total. The Morgan fingerprint density at radius 2 is 2.27 bits per heavy atom. The minimum atomic E-state index is -0.203. The first-order valence-electron chi connectivity index (χ1n) is 3.14. The quantitative estimate of drug-likeness (QED) is 0.610. The van der Waals surface area contributed by atoms with Gasteiger partial charge in [-0.15, -0.1) is 11.8 Å². The fourth-order valence-electron chi connectivity index (χ4n) is 0.776. The van der Waals surface area contributed by atoms with Crippen LogP contribution in [0.5, 0.6) is 0 Å². The van der Waals surface area contributed by atoms with Crippen LogP contribution >= 0.6 is 11.8 Å². The number of hydrogen-bond acceptors (Lipinski definition) is 1. The van der Waals surface area contributed by atoms with Gasteiger partial charge in [0.2, 0.25) is 0 Å². The summed E-state index contributed by atoms with van der Waals surface area (Å²) in [6.45, 7) is 3.43. The molecule has 0 amide bonds. The van der Waals surface area contributed by atoms with Crippen LogP contribution in [0, 0.1) is 11.9 Å². The molecule has 0 fully saturated rings. The van der Waals surface area contributed by atoms with Gasteiger partial charge in [0.05, 0.1) is 0 Å². The first-order valence-corrected chi connectivity index (χ1v) is 4.37. The molecular formula is C9H8FS. The molecule has 1 radical (unpaired) electrons. The lowest BCUT2D eigenvalue weighted by Gasteiger charge is -1.98. The maximum atomic E-state index is 12.9. The van der Waals surface area contributed by atoms with Crippen LogP contribution in [-0.2, 0) is 0 Å². The average Bonchev–Trinajstić information content (AvgIpc) is 2.04. The van der Waals surface area contributed by atoms with E-state index >= 15 is 0 Å². The molecule has 0 unspecified atom stereocenters. The van der Waals surface area contributed by atoms with Gasteiger partial charge in [-0.25, -0.2) is 4.39 Å². The van der Waals surface area contributed by atoms with Crippen molar-refractivity contribution < 1.29 is 4.39 Å². The lowest BCUT2D eigenvalue weighted by atomic mass is 10.2. The number of hydrogen-bond donors (Lipinski definition) is 0. The Bertz CT molecular complexity index is 268. The molecule has 2 heteroatoms. The lowest BCUT2D eigenvalue weighted by molar-refractivity contribution is 0.601. The van der Waals surface area contributed by atoms with Gasteiger partial charge in [-0.2, -0.15) is 0 Å². The number of halogens is 1. The maximum Gasteiger partial charge on any atom is 0.137 e. The van der Waals surface area contributed by atoms with Gasteiger partial charge < -0.3 is 0 Å². The molecule has 0 N–H and O–H groups in total. The molecule has 0 heterocycles. The summed E-state index contributed by atoms with van der Waals surface area (Å²) in [5, 5.41) is 0. The van der Waals surface area contributed by atoms with Crippen molar-refractivity contribution in [1.29, 1.82) is 0 Å². The summed E-state index contributed by atoms with van der Waals surface area (Å²) >= 11 is 1.39. The van der Waals surface area contributed by atoms with Crippen molar-refractivity contribution in [3.63, 3.8) is 0 Å². The fraction of sp³-hybridized carbons (Fsp3) is 0.111. The van der Waals surface area contributed by atoms with E-state index in [9.17, 15) is 4.39 Å². The molecule has 1 aromatic carbocycles. The van der Waals surface area contributed by atoms with Gasteiger partial charge in [-0.3, -0.25) is 0 Å². The minimum absolute atomic E-state index is 0.203. The van der Waals surface area contributed by atoms with E-state index < -0.39 is 0 Å². The summed E-state index contributed by atoms with van der Waals surface area (Å²) in [6, 6.07) is 4.95. The predicted octanol–water partition coefficient (Wildman–Crippen LogP) is 2.88. The van der Waals surface area contributed by atoms with Crippen LogP contribution in [-0.4, -0.2) is 6.26 Å². The summed E-state index contributed by atoms with van der Waals surface area (Å²) in [5.41, 5.74) is 0.695. The van der Waals surface area contributed by atoms with Crippen LogP contribution in [0.15, 0.2) is 29.7 Å². The van der Waals surface area contributed by atoms with E-state index in [1.54, 1.807) is 12.1 Å². The van der Waals surface area contributed by atoms with E-state index in [1.165, 1.54) is 17.8 Å². The topological polar surface area (TPSA) is 0 Å². The highest BCUT2D eigenvalue weighted by Gasteiger charge is 1.99. The van der Waals surface area contributed by atoms with Crippen molar-refractivity contribution >= 4 is 11.8 Å². The van der Waals surface area contributed by atoms with E-state index in [2.05, 4.69) is 12.7 Å². The molecular weight excluding hydrogens is 159 g/mol. The van der Waals surface area contributed by atoms with Crippen molar-refractivity contribution in [2.45, 2.75) is 4.90 Å². The van der Waals surface area contributed by atoms with E-state index in [0.717, 1.165) is 0 Å². The summed E-state index contributed by atoms with van der Waals surface area (Å²) in [7, 11) is 0. The zero-order valence-corrected chi connectivity index (χ0v) is 7.04. The third kappa shape index (κ3) is 1.84. The van der Waals surface area contributed by atoms with Gasteiger partial charge in [0.25, 0.3) is 0 Å². The van der Waals surface area contributed by atoms with Crippen LogP contribution in [0.2, 0.25) is 0 Å². The zero-order valence-electron chi connectivity index (χ0n) is 6.23. The molecule has 1 aromatic rings. The maximum absolute atomic E-state index is 12.9. The molecule has 57 valence electrons. The fourth-order valence-corrected chi connectivity index (χ4v) is 1.23. The average molecular weight is 167 g/mol. The van der Waals surface area contributed by atoms with Gasteiger partial charge >= 0.3 is 0 Å². The van der Waals surface area contributed by atoms with Crippen molar-refractivity contribution in [2.24, 2.45) is 0 Å². The van der Waals surface area contributed by atoms with Crippen LogP contribution in [0.1, 0.15) is 5.56 Å². The second-order valence-corrected chi connectivity index (χ2v) is 2.87. The Labute approximate surface area is 70.1 Å². The van der Waals surface area contributed by atoms with E-state index in [4.69, 9.17) is 0 Å². The van der Waals surface area contributed by atoms with Crippen LogP contribution in [0.25, 0.3) is 0 Å². The Morgan fingerprint density at radius 3 is 2.73 bits per heavy atom. The predicted molar refractivity (Wildman–Crippen MR) is 46.2 cm³/mol. The minimum Gasteiger partial charge on any atom is -0.206 e. The smallest absolute Gasteiger partial charge is 0.137 e. The zero-order chi connectivity index (χ0) is 8.27. The van der Waals surface area contributed by atoms with Gasteiger partial charge in [-0.1, -0.05) is 12.6 Å². The largest absolute Gasteiger partial charge is 0.206 e. The Morgan fingerprint density at radius 1 is 1.55 bits per heavy atom. The normalized spacial score (nSPS) is 9.64.